The molecule has 3 aromatic rings. The van der Waals surface area contributed by atoms with Crippen LogP contribution < -0.4 is 14.8 Å². The molecular formula is C25H32N4O4. The van der Waals surface area contributed by atoms with Crippen molar-refractivity contribution in [3.05, 3.63) is 60.0 Å². The van der Waals surface area contributed by atoms with E-state index >= 15 is 0 Å². The van der Waals surface area contributed by atoms with Gasteiger partial charge in [0.15, 0.2) is 11.5 Å². The molecule has 0 aliphatic carbocycles. The van der Waals surface area contributed by atoms with Gasteiger partial charge < -0.3 is 19.3 Å². The normalized spacial score (nSPS) is 11.9. The average molecular weight is 453 g/mol. The van der Waals surface area contributed by atoms with Gasteiger partial charge in [-0.1, -0.05) is 49.3 Å². The number of aryl methyl sites for hydroxylation is 1. The van der Waals surface area contributed by atoms with Crippen molar-refractivity contribution >= 4 is 5.91 Å². The fourth-order valence-corrected chi connectivity index (χ4v) is 3.77. The molecule has 0 aliphatic heterocycles. The number of amides is 1. The van der Waals surface area contributed by atoms with Gasteiger partial charge in [0.1, 0.15) is 0 Å². The first-order valence-corrected chi connectivity index (χ1v) is 11.2. The minimum atomic E-state index is -0.0473. The third-order valence-electron chi connectivity index (χ3n) is 5.61. The summed E-state index contributed by atoms with van der Waals surface area (Å²) in [5.41, 5.74) is 1.94. The van der Waals surface area contributed by atoms with Crippen molar-refractivity contribution in [2.75, 3.05) is 33.9 Å². The van der Waals surface area contributed by atoms with E-state index < -0.39 is 0 Å². The lowest BCUT2D eigenvalue weighted by Crippen LogP contribution is -2.38. The lowest BCUT2D eigenvalue weighted by molar-refractivity contribution is -0.121. The van der Waals surface area contributed by atoms with Crippen molar-refractivity contribution in [2.45, 2.75) is 32.7 Å². The molecule has 1 amide bonds. The fraction of sp³-hybridized carbons (Fsp3) is 0.400. The van der Waals surface area contributed by atoms with Gasteiger partial charge in [0.2, 0.25) is 17.6 Å². The maximum Gasteiger partial charge on any atom is 0.227 e. The van der Waals surface area contributed by atoms with Crippen molar-refractivity contribution in [1.29, 1.82) is 0 Å². The van der Waals surface area contributed by atoms with Crippen LogP contribution in [0.1, 0.15) is 37.8 Å². The van der Waals surface area contributed by atoms with Crippen LogP contribution in [0.4, 0.5) is 0 Å². The molecule has 1 aromatic heterocycles. The van der Waals surface area contributed by atoms with Crippen LogP contribution in [0.25, 0.3) is 11.4 Å². The number of nitrogens with one attached hydrogen (secondary N) is 1. The van der Waals surface area contributed by atoms with Crippen LogP contribution in [-0.4, -0.2) is 54.8 Å². The number of aromatic nitrogens is 2. The van der Waals surface area contributed by atoms with Crippen LogP contribution in [0.3, 0.4) is 0 Å². The van der Waals surface area contributed by atoms with Crippen LogP contribution in [0.2, 0.25) is 0 Å². The van der Waals surface area contributed by atoms with E-state index in [0.29, 0.717) is 36.2 Å². The summed E-state index contributed by atoms with van der Waals surface area (Å²) in [6, 6.07) is 15.8. The summed E-state index contributed by atoms with van der Waals surface area (Å²) in [4.78, 5) is 19.3. The summed E-state index contributed by atoms with van der Waals surface area (Å²) in [7, 11) is 3.16. The van der Waals surface area contributed by atoms with Gasteiger partial charge in [0.25, 0.3) is 0 Å². The second-order valence-corrected chi connectivity index (χ2v) is 7.53. The van der Waals surface area contributed by atoms with Crippen LogP contribution in [0.15, 0.2) is 53.1 Å². The number of methoxy groups -OCH3 is 2. The Morgan fingerprint density at radius 1 is 1.06 bits per heavy atom. The number of hydrogen-bond donors (Lipinski definition) is 1. The number of benzene rings is 2. The number of nitrogens with zero attached hydrogens (tertiary/aromatic N) is 3. The van der Waals surface area contributed by atoms with Crippen LogP contribution >= 0.6 is 0 Å². The Bertz CT molecular complexity index is 1020. The molecule has 0 saturated carbocycles. The third-order valence-corrected chi connectivity index (χ3v) is 5.61. The van der Waals surface area contributed by atoms with E-state index in [9.17, 15) is 4.79 Å². The Balaban J connectivity index is 1.57. The van der Waals surface area contributed by atoms with Gasteiger partial charge in [0, 0.05) is 24.9 Å². The summed E-state index contributed by atoms with van der Waals surface area (Å²) in [5, 5.41) is 7.10. The number of ether oxygens (including phenoxy) is 2. The molecule has 0 bridgehead atoms. The highest BCUT2D eigenvalue weighted by Gasteiger charge is 2.19. The van der Waals surface area contributed by atoms with E-state index in [4.69, 9.17) is 14.0 Å². The minimum Gasteiger partial charge on any atom is -0.493 e. The predicted octanol–water partition coefficient (Wildman–Crippen LogP) is 3.89. The molecule has 8 heteroatoms. The summed E-state index contributed by atoms with van der Waals surface area (Å²) in [6.07, 6.45) is 0.640. The van der Waals surface area contributed by atoms with E-state index in [1.807, 2.05) is 24.3 Å². The lowest BCUT2D eigenvalue weighted by Gasteiger charge is -2.30. The Hall–Kier alpha value is -3.39. The molecule has 0 aliphatic rings. The Kier molecular flexibility index (Phi) is 8.83. The highest BCUT2D eigenvalue weighted by atomic mass is 16.5. The maximum absolute atomic E-state index is 12.5. The number of hydrogen-bond acceptors (Lipinski definition) is 7. The molecular weight excluding hydrogens is 420 g/mol. The molecule has 1 N–H and O–H groups in total. The van der Waals surface area contributed by atoms with Crippen molar-refractivity contribution < 1.29 is 18.8 Å². The summed E-state index contributed by atoms with van der Waals surface area (Å²) in [6.45, 7) is 6.63. The minimum absolute atomic E-state index is 0.0473. The van der Waals surface area contributed by atoms with Crippen molar-refractivity contribution in [2.24, 2.45) is 0 Å². The van der Waals surface area contributed by atoms with E-state index in [2.05, 4.69) is 46.3 Å². The third kappa shape index (κ3) is 6.32. The van der Waals surface area contributed by atoms with Gasteiger partial charge in [-0.25, -0.2) is 0 Å². The van der Waals surface area contributed by atoms with Gasteiger partial charge in [-0.05, 0) is 36.9 Å². The quantitative estimate of drug-likeness (QED) is 0.446. The van der Waals surface area contributed by atoms with E-state index in [1.54, 1.807) is 26.4 Å². The molecule has 2 aromatic carbocycles. The molecule has 0 fully saturated rings. The Labute approximate surface area is 194 Å². The molecule has 0 radical (unpaired) electrons. The lowest BCUT2D eigenvalue weighted by atomic mass is 10.0. The number of carbonyl (C=O) groups excluding carboxylic acids is 1. The zero-order valence-corrected chi connectivity index (χ0v) is 19.7. The van der Waals surface area contributed by atoms with E-state index in [-0.39, 0.29) is 18.4 Å². The molecule has 33 heavy (non-hydrogen) atoms. The van der Waals surface area contributed by atoms with Crippen LogP contribution in [-0.2, 0) is 11.2 Å². The Morgan fingerprint density at radius 2 is 1.79 bits per heavy atom. The summed E-state index contributed by atoms with van der Waals surface area (Å²) < 4.78 is 15.9. The number of likely N-dealkylation sites (N-methyl/N-ethyl adjacent to an activating group) is 1. The molecule has 1 heterocycles. The highest BCUT2D eigenvalue weighted by molar-refractivity contribution is 5.76. The standard InChI is InChI=1S/C25H32N4O4/c1-5-29(6-2)20(18-10-8-7-9-11-18)17-26-23(30)14-15-24-27-25(28-33-24)19-12-13-21(31-3)22(16-19)32-4/h7-13,16,20H,5-6,14-15,17H2,1-4H3,(H,26,30). The molecule has 0 saturated heterocycles. The van der Waals surface area contributed by atoms with Gasteiger partial charge in [0.05, 0.1) is 20.3 Å². The molecule has 8 nitrogen and oxygen atoms in total. The first-order chi connectivity index (χ1) is 16.1. The van der Waals surface area contributed by atoms with Gasteiger partial charge in [-0.15, -0.1) is 0 Å². The molecule has 0 spiro atoms. The first-order valence-electron chi connectivity index (χ1n) is 11.2. The zero-order valence-electron chi connectivity index (χ0n) is 19.7. The van der Waals surface area contributed by atoms with Crippen molar-refractivity contribution in [1.82, 2.24) is 20.4 Å². The monoisotopic (exact) mass is 452 g/mol. The highest BCUT2D eigenvalue weighted by Crippen LogP contribution is 2.31. The van der Waals surface area contributed by atoms with E-state index in [0.717, 1.165) is 18.7 Å². The topological polar surface area (TPSA) is 89.7 Å². The smallest absolute Gasteiger partial charge is 0.227 e. The number of carbonyl (C=O) groups is 1. The zero-order chi connectivity index (χ0) is 23.6. The SMILES string of the molecule is CCN(CC)C(CNC(=O)CCc1nc(-c2ccc(OC)c(OC)c2)no1)c1ccccc1. The van der Waals surface area contributed by atoms with E-state index in [1.165, 1.54) is 5.56 Å². The summed E-state index contributed by atoms with van der Waals surface area (Å²) in [5.74, 6) is 2.02. The largest absolute Gasteiger partial charge is 0.493 e. The van der Waals surface area contributed by atoms with Crippen molar-refractivity contribution in [3.8, 4) is 22.9 Å². The second-order valence-electron chi connectivity index (χ2n) is 7.53. The first kappa shape index (κ1) is 24.3. The molecule has 1 atom stereocenters. The second kappa shape index (κ2) is 12.0. The predicted molar refractivity (Wildman–Crippen MR) is 126 cm³/mol. The van der Waals surface area contributed by atoms with Crippen LogP contribution in [0.5, 0.6) is 11.5 Å². The van der Waals surface area contributed by atoms with Gasteiger partial charge in [-0.2, -0.15) is 4.98 Å². The average Bonchev–Trinajstić information content (AvgIpc) is 3.34. The molecule has 176 valence electrons. The molecule has 3 rings (SSSR count). The Morgan fingerprint density at radius 3 is 2.45 bits per heavy atom. The van der Waals surface area contributed by atoms with Gasteiger partial charge in [-0.3, -0.25) is 9.69 Å². The molecule has 1 unspecified atom stereocenters. The summed E-state index contributed by atoms with van der Waals surface area (Å²) >= 11 is 0. The van der Waals surface area contributed by atoms with Crippen LogP contribution in [0, 0.1) is 0 Å². The fourth-order valence-electron chi connectivity index (χ4n) is 3.77. The van der Waals surface area contributed by atoms with Crippen molar-refractivity contribution in [3.63, 3.8) is 0 Å². The maximum atomic E-state index is 12.5. The van der Waals surface area contributed by atoms with Gasteiger partial charge >= 0.3 is 0 Å². The number of rotatable bonds is 12.